The Labute approximate surface area is 260 Å². The maximum atomic E-state index is 13.2. The van der Waals surface area contributed by atoms with Crippen LogP contribution in [0.5, 0.6) is 0 Å². The first-order valence-corrected chi connectivity index (χ1v) is 15.6. The van der Waals surface area contributed by atoms with Gasteiger partial charge in [-0.15, -0.1) is 0 Å². The van der Waals surface area contributed by atoms with E-state index in [1.807, 2.05) is 43.0 Å². The van der Waals surface area contributed by atoms with Crippen LogP contribution in [0.1, 0.15) is 90.1 Å². The van der Waals surface area contributed by atoms with E-state index in [2.05, 4.69) is 15.0 Å². The van der Waals surface area contributed by atoms with Crippen LogP contribution in [-0.4, -0.2) is 75.2 Å². The number of halogens is 3. The number of carbonyl (C=O) groups is 2. The van der Waals surface area contributed by atoms with Crippen molar-refractivity contribution in [3.63, 3.8) is 0 Å². The predicted molar refractivity (Wildman–Crippen MR) is 158 cm³/mol. The molecule has 4 heterocycles. The maximum absolute atomic E-state index is 13.2. The van der Waals surface area contributed by atoms with Gasteiger partial charge in [-0.25, -0.2) is 4.79 Å². The summed E-state index contributed by atoms with van der Waals surface area (Å²) >= 11 is 0. The molecule has 1 aromatic heterocycles. The fraction of sp³-hybridized carbons (Fsp3) is 0.515. The standard InChI is InChI=1S/C33H38F3N5O4/c1-22(2)28-37-29(45-38-28)25-11-15-40(16-12-25)30(42)26-7-3-24(4-8-26)20-41-21-32(44-31(41)43)13-17-39(18-14-32)19-23-5-9-27(10-6-23)33(34,35)36/h3-10,22,25H,11-21H2,1-2H3. The number of carbonyl (C=O) groups excluding carboxylic acids is 2. The van der Waals surface area contributed by atoms with E-state index >= 15 is 0 Å². The van der Waals surface area contributed by atoms with Crippen LogP contribution in [0.2, 0.25) is 0 Å². The topological polar surface area (TPSA) is 92.0 Å². The summed E-state index contributed by atoms with van der Waals surface area (Å²) in [6, 6.07) is 12.7. The molecule has 240 valence electrons. The highest BCUT2D eigenvalue weighted by molar-refractivity contribution is 5.94. The van der Waals surface area contributed by atoms with E-state index in [9.17, 15) is 22.8 Å². The van der Waals surface area contributed by atoms with Crippen LogP contribution in [0, 0.1) is 0 Å². The van der Waals surface area contributed by atoms with E-state index in [0.717, 1.165) is 36.1 Å². The summed E-state index contributed by atoms with van der Waals surface area (Å²) in [4.78, 5) is 36.3. The van der Waals surface area contributed by atoms with Gasteiger partial charge >= 0.3 is 12.3 Å². The smallest absolute Gasteiger partial charge is 0.416 e. The molecule has 0 unspecified atom stereocenters. The highest BCUT2D eigenvalue weighted by Crippen LogP contribution is 2.35. The highest BCUT2D eigenvalue weighted by Gasteiger charge is 2.46. The first kappa shape index (κ1) is 31.1. The molecule has 0 saturated carbocycles. The zero-order valence-corrected chi connectivity index (χ0v) is 25.6. The second-order valence-corrected chi connectivity index (χ2v) is 12.8. The molecule has 0 radical (unpaired) electrons. The number of alkyl halides is 3. The van der Waals surface area contributed by atoms with Crippen LogP contribution in [0.25, 0.3) is 0 Å². The zero-order valence-electron chi connectivity index (χ0n) is 25.6. The third-order valence-electron chi connectivity index (χ3n) is 9.18. The Morgan fingerprint density at radius 2 is 1.58 bits per heavy atom. The number of benzene rings is 2. The van der Waals surface area contributed by atoms with Crippen molar-refractivity contribution in [2.75, 3.05) is 32.7 Å². The number of hydrogen-bond acceptors (Lipinski definition) is 7. The van der Waals surface area contributed by atoms with E-state index in [1.54, 1.807) is 4.90 Å². The van der Waals surface area contributed by atoms with Gasteiger partial charge in [-0.1, -0.05) is 43.3 Å². The fourth-order valence-electron chi connectivity index (χ4n) is 6.38. The molecule has 9 nitrogen and oxygen atoms in total. The molecule has 0 atom stereocenters. The minimum Gasteiger partial charge on any atom is -0.441 e. The number of nitrogens with zero attached hydrogens (tertiary/aromatic N) is 5. The molecule has 6 rings (SSSR count). The molecule has 3 fully saturated rings. The van der Waals surface area contributed by atoms with Gasteiger partial charge in [0.2, 0.25) is 5.89 Å². The van der Waals surface area contributed by atoms with Gasteiger partial charge in [0.05, 0.1) is 12.1 Å². The van der Waals surface area contributed by atoms with Crippen molar-refractivity contribution in [3.05, 3.63) is 82.5 Å². The van der Waals surface area contributed by atoms with Crippen LogP contribution >= 0.6 is 0 Å². The average Bonchev–Trinajstić information content (AvgIpc) is 3.64. The second kappa shape index (κ2) is 12.5. The molecule has 2 amide bonds. The largest absolute Gasteiger partial charge is 0.441 e. The predicted octanol–water partition coefficient (Wildman–Crippen LogP) is 6.22. The van der Waals surface area contributed by atoms with E-state index in [-0.39, 0.29) is 23.8 Å². The van der Waals surface area contributed by atoms with Crippen LogP contribution < -0.4 is 0 Å². The van der Waals surface area contributed by atoms with E-state index in [0.29, 0.717) is 75.9 Å². The van der Waals surface area contributed by atoms with Crippen LogP contribution in [0.4, 0.5) is 18.0 Å². The van der Waals surface area contributed by atoms with E-state index in [4.69, 9.17) is 9.26 Å². The van der Waals surface area contributed by atoms with Gasteiger partial charge in [-0.2, -0.15) is 18.2 Å². The molecule has 3 aliphatic rings. The van der Waals surface area contributed by atoms with Gasteiger partial charge in [-0.05, 0) is 48.2 Å². The van der Waals surface area contributed by atoms with Crippen molar-refractivity contribution < 1.29 is 32.0 Å². The lowest BCUT2D eigenvalue weighted by Gasteiger charge is -2.37. The van der Waals surface area contributed by atoms with Crippen molar-refractivity contribution in [2.45, 2.75) is 76.2 Å². The third-order valence-corrected chi connectivity index (χ3v) is 9.18. The summed E-state index contributed by atoms with van der Waals surface area (Å²) in [5, 5.41) is 4.06. The molecular weight excluding hydrogens is 587 g/mol. The lowest BCUT2D eigenvalue weighted by Crippen LogP contribution is -2.46. The van der Waals surface area contributed by atoms with Gasteiger partial charge in [0.25, 0.3) is 5.91 Å². The lowest BCUT2D eigenvalue weighted by atomic mass is 9.91. The SMILES string of the molecule is CC(C)c1noc(C2CCN(C(=O)c3ccc(CN4CC5(CCN(Cc6ccc(C(F)(F)F)cc6)CC5)OC4=O)cc3)CC2)n1. The van der Waals surface area contributed by atoms with E-state index in [1.165, 1.54) is 12.1 Å². The van der Waals surface area contributed by atoms with Gasteiger partial charge < -0.3 is 14.2 Å². The molecule has 1 spiro atoms. The van der Waals surface area contributed by atoms with Crippen molar-refractivity contribution in [1.82, 2.24) is 24.8 Å². The molecule has 3 aliphatic heterocycles. The number of ether oxygens (including phenoxy) is 1. The molecule has 3 aromatic rings. The molecule has 0 aliphatic carbocycles. The Morgan fingerprint density at radius 3 is 2.18 bits per heavy atom. The summed E-state index contributed by atoms with van der Waals surface area (Å²) < 4.78 is 49.9. The van der Waals surface area contributed by atoms with Gasteiger partial charge in [-0.3, -0.25) is 14.6 Å². The number of amides is 2. The van der Waals surface area contributed by atoms with Crippen molar-refractivity contribution in [3.8, 4) is 0 Å². The van der Waals surface area contributed by atoms with Crippen LogP contribution in [0.15, 0.2) is 53.1 Å². The number of rotatable bonds is 7. The highest BCUT2D eigenvalue weighted by atomic mass is 19.4. The quantitative estimate of drug-likeness (QED) is 0.308. The average molecular weight is 626 g/mol. The number of piperidine rings is 2. The fourth-order valence-corrected chi connectivity index (χ4v) is 6.38. The van der Waals surface area contributed by atoms with Gasteiger partial charge in [0.1, 0.15) is 5.60 Å². The summed E-state index contributed by atoms with van der Waals surface area (Å²) in [7, 11) is 0. The first-order valence-electron chi connectivity index (χ1n) is 15.6. The summed E-state index contributed by atoms with van der Waals surface area (Å²) in [5.74, 6) is 1.71. The lowest BCUT2D eigenvalue weighted by molar-refractivity contribution is -0.137. The molecule has 12 heteroatoms. The van der Waals surface area contributed by atoms with Gasteiger partial charge in [0, 0.05) is 69.5 Å². The molecule has 3 saturated heterocycles. The Kier molecular flexibility index (Phi) is 8.60. The molecule has 45 heavy (non-hydrogen) atoms. The van der Waals surface area contributed by atoms with Crippen LogP contribution in [-0.2, 0) is 24.0 Å². The minimum atomic E-state index is -4.35. The monoisotopic (exact) mass is 625 g/mol. The summed E-state index contributed by atoms with van der Waals surface area (Å²) in [6.07, 6.45) is -1.83. The van der Waals surface area contributed by atoms with Crippen LogP contribution in [0.3, 0.4) is 0 Å². The Morgan fingerprint density at radius 1 is 0.956 bits per heavy atom. The zero-order chi connectivity index (χ0) is 31.8. The second-order valence-electron chi connectivity index (χ2n) is 12.8. The van der Waals surface area contributed by atoms with E-state index < -0.39 is 17.3 Å². The minimum absolute atomic E-state index is 0.0176. The summed E-state index contributed by atoms with van der Waals surface area (Å²) in [5.41, 5.74) is 1.13. The summed E-state index contributed by atoms with van der Waals surface area (Å²) in [6.45, 7) is 8.08. The molecular formula is C33H38F3N5O4. The molecule has 0 N–H and O–H groups in total. The number of aromatic nitrogens is 2. The number of hydrogen-bond donors (Lipinski definition) is 0. The molecule has 2 aromatic carbocycles. The molecule has 0 bridgehead atoms. The van der Waals surface area contributed by atoms with Crippen molar-refractivity contribution >= 4 is 12.0 Å². The van der Waals surface area contributed by atoms with Gasteiger partial charge in [0.15, 0.2) is 5.82 Å². The number of likely N-dealkylation sites (tertiary alicyclic amines) is 2. The third kappa shape index (κ3) is 7.00. The Bertz CT molecular complexity index is 1490. The van der Waals surface area contributed by atoms with Crippen molar-refractivity contribution in [2.24, 2.45) is 0 Å². The Balaban J connectivity index is 0.972. The maximum Gasteiger partial charge on any atom is 0.416 e. The van der Waals surface area contributed by atoms with Crippen molar-refractivity contribution in [1.29, 1.82) is 0 Å². The first-order chi connectivity index (χ1) is 21.5. The Hall–Kier alpha value is -3.93. The normalized spacial score (nSPS) is 19.5.